The van der Waals surface area contributed by atoms with E-state index in [-0.39, 0.29) is 0 Å². The van der Waals surface area contributed by atoms with Gasteiger partial charge in [0.05, 0.1) is 0 Å². The van der Waals surface area contributed by atoms with Crippen LogP contribution in [0.4, 0.5) is 5.69 Å². The summed E-state index contributed by atoms with van der Waals surface area (Å²) in [5.41, 5.74) is 2.50. The Morgan fingerprint density at radius 1 is 1.23 bits per heavy atom. The number of hydrogen-bond acceptors (Lipinski definition) is 2. The molecule has 2 rings (SSSR count). The van der Waals surface area contributed by atoms with E-state index in [4.69, 9.17) is 0 Å². The minimum atomic E-state index is 0.565. The third-order valence-electron chi connectivity index (χ3n) is 4.47. The second kappa shape index (κ2) is 8.06. The van der Waals surface area contributed by atoms with Gasteiger partial charge in [0.15, 0.2) is 5.96 Å². The summed E-state index contributed by atoms with van der Waals surface area (Å²) in [5.74, 6) is 1.79. The van der Waals surface area contributed by atoms with E-state index in [0.717, 1.165) is 18.4 Å². The number of aliphatic imine (C=N–C) groups is 1. The molecule has 0 spiro atoms. The largest absolute Gasteiger partial charge is 0.378 e. The molecule has 0 aliphatic heterocycles. The highest BCUT2D eigenvalue weighted by atomic mass is 15.2. The predicted molar refractivity (Wildman–Crippen MR) is 95.5 cm³/mol. The van der Waals surface area contributed by atoms with Crippen LogP contribution in [0, 0.1) is 5.92 Å². The molecular formula is C18H30N4. The summed E-state index contributed by atoms with van der Waals surface area (Å²) in [6, 6.07) is 9.15. The first-order valence-electron chi connectivity index (χ1n) is 8.32. The summed E-state index contributed by atoms with van der Waals surface area (Å²) in [6.07, 6.45) is 5.13. The number of guanidine groups is 1. The number of nitrogens with one attached hydrogen (secondary N) is 2. The van der Waals surface area contributed by atoms with Crippen LogP contribution in [0.1, 0.15) is 38.2 Å². The highest BCUT2D eigenvalue weighted by Crippen LogP contribution is 2.23. The fraction of sp³-hybridized carbons (Fsp3) is 0.611. The molecule has 1 aromatic rings. The van der Waals surface area contributed by atoms with Crippen molar-refractivity contribution in [3.05, 3.63) is 29.8 Å². The molecule has 2 N–H and O–H groups in total. The maximum absolute atomic E-state index is 4.36. The molecule has 1 fully saturated rings. The van der Waals surface area contributed by atoms with Crippen molar-refractivity contribution in [3.8, 4) is 0 Å². The number of anilines is 1. The Labute approximate surface area is 135 Å². The molecule has 1 aliphatic carbocycles. The van der Waals surface area contributed by atoms with Gasteiger partial charge in [0.1, 0.15) is 0 Å². The van der Waals surface area contributed by atoms with E-state index < -0.39 is 0 Å². The lowest BCUT2D eigenvalue weighted by atomic mass is 9.87. The number of nitrogens with zero attached hydrogens (tertiary/aromatic N) is 2. The molecule has 1 saturated carbocycles. The first-order valence-corrected chi connectivity index (χ1v) is 8.32. The Kier molecular flexibility index (Phi) is 6.10. The van der Waals surface area contributed by atoms with E-state index in [0.29, 0.717) is 6.04 Å². The van der Waals surface area contributed by atoms with Crippen molar-refractivity contribution < 1.29 is 0 Å². The highest BCUT2D eigenvalue weighted by Gasteiger charge is 2.18. The SMILES string of the molecule is CN=C(NCc1cccc(N(C)C)c1)NC1CCC(C)CC1. The quantitative estimate of drug-likeness (QED) is 0.663. The molecular weight excluding hydrogens is 272 g/mol. The normalized spacial score (nSPS) is 22.3. The Balaban J connectivity index is 1.85. The standard InChI is InChI=1S/C18H30N4/c1-14-8-10-16(11-9-14)21-18(19-2)20-13-15-6-5-7-17(12-15)22(3)4/h5-7,12,14,16H,8-11,13H2,1-4H3,(H2,19,20,21). The van der Waals surface area contributed by atoms with Gasteiger partial charge in [-0.05, 0) is 49.3 Å². The summed E-state index contributed by atoms with van der Waals surface area (Å²) >= 11 is 0. The van der Waals surface area contributed by atoms with Gasteiger partial charge in [-0.3, -0.25) is 4.99 Å². The first-order chi connectivity index (χ1) is 10.6. The molecule has 4 nitrogen and oxygen atoms in total. The van der Waals surface area contributed by atoms with Crippen LogP contribution in [0.2, 0.25) is 0 Å². The Morgan fingerprint density at radius 3 is 2.59 bits per heavy atom. The van der Waals surface area contributed by atoms with Crippen molar-refractivity contribution in [2.24, 2.45) is 10.9 Å². The molecule has 0 bridgehead atoms. The summed E-state index contributed by atoms with van der Waals surface area (Å²) in [4.78, 5) is 6.48. The lowest BCUT2D eigenvalue weighted by molar-refractivity contribution is 0.329. The van der Waals surface area contributed by atoms with Crippen molar-refractivity contribution in [3.63, 3.8) is 0 Å². The fourth-order valence-corrected chi connectivity index (χ4v) is 2.92. The molecule has 0 amide bonds. The first kappa shape index (κ1) is 16.7. The van der Waals surface area contributed by atoms with Gasteiger partial charge < -0.3 is 15.5 Å². The number of rotatable bonds is 4. The van der Waals surface area contributed by atoms with Crippen LogP contribution in [0.5, 0.6) is 0 Å². The third-order valence-corrected chi connectivity index (χ3v) is 4.47. The molecule has 22 heavy (non-hydrogen) atoms. The van der Waals surface area contributed by atoms with Gasteiger partial charge in [-0.1, -0.05) is 19.1 Å². The monoisotopic (exact) mass is 302 g/mol. The van der Waals surface area contributed by atoms with E-state index in [2.05, 4.69) is 65.8 Å². The van der Waals surface area contributed by atoms with Gasteiger partial charge in [-0.25, -0.2) is 0 Å². The van der Waals surface area contributed by atoms with Crippen LogP contribution in [0.25, 0.3) is 0 Å². The van der Waals surface area contributed by atoms with Crippen molar-refractivity contribution >= 4 is 11.6 Å². The van der Waals surface area contributed by atoms with E-state index in [1.54, 1.807) is 0 Å². The van der Waals surface area contributed by atoms with Crippen LogP contribution < -0.4 is 15.5 Å². The van der Waals surface area contributed by atoms with Crippen molar-refractivity contribution in [1.82, 2.24) is 10.6 Å². The minimum absolute atomic E-state index is 0.565. The van der Waals surface area contributed by atoms with Crippen molar-refractivity contribution in [2.75, 3.05) is 26.0 Å². The summed E-state index contributed by atoms with van der Waals surface area (Å²) in [7, 11) is 5.98. The zero-order valence-corrected chi connectivity index (χ0v) is 14.4. The van der Waals surface area contributed by atoms with Crippen molar-refractivity contribution in [2.45, 2.75) is 45.2 Å². The molecule has 1 aliphatic rings. The minimum Gasteiger partial charge on any atom is -0.378 e. The lowest BCUT2D eigenvalue weighted by Crippen LogP contribution is -2.44. The molecule has 0 unspecified atom stereocenters. The maximum atomic E-state index is 4.36. The zero-order chi connectivity index (χ0) is 15.9. The van der Waals surface area contributed by atoms with Gasteiger partial charge in [-0.2, -0.15) is 0 Å². The average molecular weight is 302 g/mol. The Bertz CT molecular complexity index is 488. The molecule has 0 aromatic heterocycles. The van der Waals surface area contributed by atoms with E-state index in [1.807, 2.05) is 7.05 Å². The second-order valence-corrected chi connectivity index (χ2v) is 6.59. The van der Waals surface area contributed by atoms with Crippen LogP contribution in [0.15, 0.2) is 29.3 Å². The van der Waals surface area contributed by atoms with Gasteiger partial charge in [0, 0.05) is 39.4 Å². The van der Waals surface area contributed by atoms with Crippen LogP contribution in [-0.4, -0.2) is 33.1 Å². The van der Waals surface area contributed by atoms with E-state index in [9.17, 15) is 0 Å². The summed E-state index contributed by atoms with van der Waals surface area (Å²) in [5, 5.41) is 6.99. The zero-order valence-electron chi connectivity index (χ0n) is 14.4. The molecule has 0 radical (unpaired) electrons. The van der Waals surface area contributed by atoms with Crippen LogP contribution >= 0.6 is 0 Å². The van der Waals surface area contributed by atoms with E-state index >= 15 is 0 Å². The fourth-order valence-electron chi connectivity index (χ4n) is 2.92. The molecule has 1 aromatic carbocycles. The average Bonchev–Trinajstić information content (AvgIpc) is 2.53. The highest BCUT2D eigenvalue weighted by molar-refractivity contribution is 5.80. The summed E-state index contributed by atoms with van der Waals surface area (Å²) in [6.45, 7) is 3.14. The molecule has 122 valence electrons. The van der Waals surface area contributed by atoms with Gasteiger partial charge in [0.25, 0.3) is 0 Å². The topological polar surface area (TPSA) is 39.7 Å². The van der Waals surface area contributed by atoms with Gasteiger partial charge >= 0.3 is 0 Å². The Morgan fingerprint density at radius 2 is 1.95 bits per heavy atom. The predicted octanol–water partition coefficient (Wildman–Crippen LogP) is 3.00. The number of hydrogen-bond donors (Lipinski definition) is 2. The molecule has 0 saturated heterocycles. The van der Waals surface area contributed by atoms with Gasteiger partial charge in [0.2, 0.25) is 0 Å². The lowest BCUT2D eigenvalue weighted by Gasteiger charge is -2.28. The summed E-state index contributed by atoms with van der Waals surface area (Å²) < 4.78 is 0. The second-order valence-electron chi connectivity index (χ2n) is 6.59. The van der Waals surface area contributed by atoms with Crippen molar-refractivity contribution in [1.29, 1.82) is 0 Å². The maximum Gasteiger partial charge on any atom is 0.191 e. The van der Waals surface area contributed by atoms with Crippen LogP contribution in [-0.2, 0) is 6.54 Å². The molecule has 0 heterocycles. The number of benzene rings is 1. The van der Waals surface area contributed by atoms with E-state index in [1.165, 1.54) is 36.9 Å². The molecule has 0 atom stereocenters. The smallest absolute Gasteiger partial charge is 0.191 e. The molecule has 4 heteroatoms. The van der Waals surface area contributed by atoms with Gasteiger partial charge in [-0.15, -0.1) is 0 Å². The van der Waals surface area contributed by atoms with Crippen LogP contribution in [0.3, 0.4) is 0 Å². The third kappa shape index (κ3) is 4.93. The Hall–Kier alpha value is -1.71.